The number of carbonyl (C=O) groups excluding carboxylic acids is 1. The molecule has 0 aromatic heterocycles. The average Bonchev–Trinajstić information content (AvgIpc) is 2.24. The molecule has 2 fully saturated rings. The maximum atomic E-state index is 12.3. The molecule has 0 aromatic carbocycles. The van der Waals surface area contributed by atoms with Gasteiger partial charge in [0.25, 0.3) is 0 Å². The van der Waals surface area contributed by atoms with Gasteiger partial charge in [-0.1, -0.05) is 13.8 Å². The van der Waals surface area contributed by atoms with E-state index >= 15 is 0 Å². The molecule has 0 spiro atoms. The molecule has 0 radical (unpaired) electrons. The molecule has 2 aliphatic carbocycles. The van der Waals surface area contributed by atoms with E-state index in [1.165, 1.54) is 12.8 Å². The minimum atomic E-state index is -0.526. The van der Waals surface area contributed by atoms with E-state index in [9.17, 15) is 4.79 Å². The zero-order valence-corrected chi connectivity index (χ0v) is 11.5. The molecule has 2 saturated carbocycles. The molecule has 2 rings (SSSR count). The third kappa shape index (κ3) is 2.49. The summed E-state index contributed by atoms with van der Waals surface area (Å²) in [5, 5.41) is 0. The van der Waals surface area contributed by atoms with Gasteiger partial charge in [-0.25, -0.2) is 0 Å². The highest BCUT2D eigenvalue weighted by molar-refractivity contribution is 5.87. The summed E-state index contributed by atoms with van der Waals surface area (Å²) in [4.78, 5) is 14.2. The van der Waals surface area contributed by atoms with E-state index in [-0.39, 0.29) is 5.91 Å². The zero-order chi connectivity index (χ0) is 12.7. The molecule has 2 N–H and O–H groups in total. The second kappa shape index (κ2) is 4.27. The summed E-state index contributed by atoms with van der Waals surface area (Å²) in [5.41, 5.74) is 6.05. The molecule has 0 unspecified atom stereocenters. The van der Waals surface area contributed by atoms with Gasteiger partial charge in [0.2, 0.25) is 5.91 Å². The van der Waals surface area contributed by atoms with Gasteiger partial charge >= 0.3 is 0 Å². The smallest absolute Gasteiger partial charge is 0.242 e. The first kappa shape index (κ1) is 12.9. The molecular weight excluding hydrogens is 212 g/mol. The van der Waals surface area contributed by atoms with Crippen molar-refractivity contribution in [3.05, 3.63) is 0 Å². The van der Waals surface area contributed by atoms with Crippen molar-refractivity contribution in [3.8, 4) is 0 Å². The molecule has 0 aliphatic heterocycles. The molecule has 0 bridgehead atoms. The van der Waals surface area contributed by atoms with Gasteiger partial charge in [0.1, 0.15) is 0 Å². The number of rotatable bonds is 2. The van der Waals surface area contributed by atoms with E-state index < -0.39 is 5.54 Å². The summed E-state index contributed by atoms with van der Waals surface area (Å²) in [6, 6.07) is 0.413. The van der Waals surface area contributed by atoms with Crippen LogP contribution in [0.15, 0.2) is 0 Å². The summed E-state index contributed by atoms with van der Waals surface area (Å²) in [6.45, 7) is 4.64. The standard InChI is InChI=1S/C14H26N2O/c1-13(2)9-5-11(6-10-13)16(3)12(17)14(15)7-4-8-14/h11H,4-10,15H2,1-3H3. The van der Waals surface area contributed by atoms with E-state index in [2.05, 4.69) is 13.8 Å². The number of nitrogens with two attached hydrogens (primary N) is 1. The Hall–Kier alpha value is -0.570. The largest absolute Gasteiger partial charge is 0.341 e. The van der Waals surface area contributed by atoms with E-state index in [1.807, 2.05) is 11.9 Å². The lowest BCUT2D eigenvalue weighted by atomic mass is 9.73. The highest BCUT2D eigenvalue weighted by Crippen LogP contribution is 2.38. The van der Waals surface area contributed by atoms with Crippen molar-refractivity contribution in [2.24, 2.45) is 11.1 Å². The van der Waals surface area contributed by atoms with Crippen LogP contribution in [0.2, 0.25) is 0 Å². The Morgan fingerprint density at radius 1 is 1.18 bits per heavy atom. The van der Waals surface area contributed by atoms with Crippen molar-refractivity contribution in [2.75, 3.05) is 7.05 Å². The molecule has 98 valence electrons. The lowest BCUT2D eigenvalue weighted by molar-refractivity contribution is -0.142. The number of amides is 1. The third-order valence-corrected chi connectivity index (χ3v) is 4.85. The normalized spacial score (nSPS) is 27.3. The Bertz CT molecular complexity index is 297. The Balaban J connectivity index is 1.92. The molecule has 0 heterocycles. The van der Waals surface area contributed by atoms with Gasteiger partial charge < -0.3 is 10.6 Å². The van der Waals surface area contributed by atoms with Gasteiger partial charge in [-0.15, -0.1) is 0 Å². The topological polar surface area (TPSA) is 46.3 Å². The summed E-state index contributed by atoms with van der Waals surface area (Å²) < 4.78 is 0. The summed E-state index contributed by atoms with van der Waals surface area (Å²) in [7, 11) is 1.94. The zero-order valence-electron chi connectivity index (χ0n) is 11.5. The summed E-state index contributed by atoms with van der Waals surface area (Å²) in [6.07, 6.45) is 7.53. The highest BCUT2D eigenvalue weighted by Gasteiger charge is 2.43. The fourth-order valence-corrected chi connectivity index (χ4v) is 3.06. The minimum Gasteiger partial charge on any atom is -0.341 e. The monoisotopic (exact) mass is 238 g/mol. The average molecular weight is 238 g/mol. The predicted octanol–water partition coefficient (Wildman–Crippen LogP) is 2.29. The van der Waals surface area contributed by atoms with Crippen molar-refractivity contribution in [2.45, 2.75) is 70.4 Å². The Morgan fingerprint density at radius 2 is 1.71 bits per heavy atom. The number of carbonyl (C=O) groups is 1. The number of nitrogens with zero attached hydrogens (tertiary/aromatic N) is 1. The summed E-state index contributed by atoms with van der Waals surface area (Å²) in [5.74, 6) is 0.174. The fraction of sp³-hybridized carbons (Fsp3) is 0.929. The van der Waals surface area contributed by atoms with Crippen LogP contribution < -0.4 is 5.73 Å². The van der Waals surface area contributed by atoms with Gasteiger partial charge in [-0.05, 0) is 50.4 Å². The molecule has 2 aliphatic rings. The highest BCUT2D eigenvalue weighted by atomic mass is 16.2. The van der Waals surface area contributed by atoms with Crippen LogP contribution in [0.3, 0.4) is 0 Å². The van der Waals surface area contributed by atoms with Crippen molar-refractivity contribution in [1.29, 1.82) is 0 Å². The first-order chi connectivity index (χ1) is 7.84. The Labute approximate surface area is 105 Å². The first-order valence-corrected chi connectivity index (χ1v) is 6.90. The van der Waals surface area contributed by atoms with Crippen LogP contribution in [-0.2, 0) is 4.79 Å². The number of likely N-dealkylation sites (N-methyl/N-ethyl adjacent to an activating group) is 1. The van der Waals surface area contributed by atoms with Crippen molar-refractivity contribution in [3.63, 3.8) is 0 Å². The van der Waals surface area contributed by atoms with Crippen LogP contribution in [0.1, 0.15) is 58.8 Å². The van der Waals surface area contributed by atoms with Gasteiger partial charge in [0.15, 0.2) is 0 Å². The lowest BCUT2D eigenvalue weighted by Gasteiger charge is -2.44. The molecule has 0 atom stereocenters. The SMILES string of the molecule is CN(C(=O)C1(N)CCC1)C1CCC(C)(C)CC1. The van der Waals surface area contributed by atoms with Gasteiger partial charge in [-0.3, -0.25) is 4.79 Å². The molecule has 0 aromatic rings. The van der Waals surface area contributed by atoms with E-state index in [4.69, 9.17) is 5.73 Å². The van der Waals surface area contributed by atoms with Gasteiger partial charge in [-0.2, -0.15) is 0 Å². The van der Waals surface area contributed by atoms with Crippen molar-refractivity contribution < 1.29 is 4.79 Å². The Morgan fingerprint density at radius 3 is 2.12 bits per heavy atom. The number of hydrogen-bond acceptors (Lipinski definition) is 2. The molecule has 3 nitrogen and oxygen atoms in total. The van der Waals surface area contributed by atoms with E-state index in [0.29, 0.717) is 11.5 Å². The van der Waals surface area contributed by atoms with Gasteiger partial charge in [0.05, 0.1) is 5.54 Å². The predicted molar refractivity (Wildman–Crippen MR) is 69.6 cm³/mol. The quantitative estimate of drug-likeness (QED) is 0.802. The first-order valence-electron chi connectivity index (χ1n) is 6.90. The second-order valence-electron chi connectivity index (χ2n) is 6.82. The third-order valence-electron chi connectivity index (χ3n) is 4.85. The fourth-order valence-electron chi connectivity index (χ4n) is 3.06. The van der Waals surface area contributed by atoms with E-state index in [1.54, 1.807) is 0 Å². The van der Waals surface area contributed by atoms with Crippen LogP contribution in [0, 0.1) is 5.41 Å². The molecule has 0 saturated heterocycles. The molecule has 1 amide bonds. The van der Waals surface area contributed by atoms with Crippen LogP contribution in [0.5, 0.6) is 0 Å². The molecule has 3 heteroatoms. The Kier molecular flexibility index (Phi) is 3.23. The molecular formula is C14H26N2O. The van der Waals surface area contributed by atoms with Crippen LogP contribution in [0.4, 0.5) is 0 Å². The van der Waals surface area contributed by atoms with Crippen molar-refractivity contribution in [1.82, 2.24) is 4.90 Å². The minimum absolute atomic E-state index is 0.174. The van der Waals surface area contributed by atoms with Crippen molar-refractivity contribution >= 4 is 5.91 Å². The number of hydrogen-bond donors (Lipinski definition) is 1. The van der Waals surface area contributed by atoms with Crippen LogP contribution in [0.25, 0.3) is 0 Å². The second-order valence-corrected chi connectivity index (χ2v) is 6.82. The lowest BCUT2D eigenvalue weighted by Crippen LogP contribution is -2.60. The van der Waals surface area contributed by atoms with E-state index in [0.717, 1.165) is 32.1 Å². The maximum Gasteiger partial charge on any atom is 0.242 e. The van der Waals surface area contributed by atoms with Gasteiger partial charge in [0, 0.05) is 13.1 Å². The van der Waals surface area contributed by atoms with Crippen LogP contribution >= 0.6 is 0 Å². The maximum absolute atomic E-state index is 12.3. The summed E-state index contributed by atoms with van der Waals surface area (Å²) >= 11 is 0. The van der Waals surface area contributed by atoms with Crippen LogP contribution in [-0.4, -0.2) is 29.4 Å². The molecule has 17 heavy (non-hydrogen) atoms.